The summed E-state index contributed by atoms with van der Waals surface area (Å²) in [7, 11) is -3.67. The molecule has 0 aliphatic carbocycles. The maximum atomic E-state index is 12.2. The normalized spacial score (nSPS) is 15.1. The van der Waals surface area contributed by atoms with E-state index in [0.29, 0.717) is 17.0 Å². The molecule has 1 rings (SSSR count). The second kappa shape index (κ2) is 7.13. The van der Waals surface area contributed by atoms with Crippen molar-refractivity contribution in [3.05, 3.63) is 28.8 Å². The van der Waals surface area contributed by atoms with Crippen molar-refractivity contribution in [1.29, 1.82) is 0 Å². The third-order valence-corrected chi connectivity index (χ3v) is 5.56. The summed E-state index contributed by atoms with van der Waals surface area (Å²) in [6.45, 7) is 3.25. The Bertz CT molecular complexity index is 559. The molecule has 0 saturated heterocycles. The molecule has 0 aliphatic rings. The summed E-state index contributed by atoms with van der Waals surface area (Å²) in [5.74, 6) is 0.769. The van der Waals surface area contributed by atoms with Crippen molar-refractivity contribution in [3.63, 3.8) is 0 Å². The Morgan fingerprint density at radius 1 is 1.45 bits per heavy atom. The Balaban J connectivity index is 2.83. The van der Waals surface area contributed by atoms with E-state index in [0.717, 1.165) is 5.75 Å². The Morgan fingerprint density at radius 2 is 2.10 bits per heavy atom. The van der Waals surface area contributed by atoms with Crippen LogP contribution in [-0.2, 0) is 10.0 Å². The number of thioether (sulfide) groups is 1. The minimum atomic E-state index is -3.67. The van der Waals surface area contributed by atoms with E-state index in [1.165, 1.54) is 6.07 Å². The lowest BCUT2D eigenvalue weighted by Crippen LogP contribution is -2.41. The smallest absolute Gasteiger partial charge is 0.240 e. The number of halogens is 1. The molecule has 0 bridgehead atoms. The summed E-state index contributed by atoms with van der Waals surface area (Å²) in [5, 5.41) is 10.5. The molecule has 7 heteroatoms. The van der Waals surface area contributed by atoms with Crippen molar-refractivity contribution < 1.29 is 13.5 Å². The zero-order valence-electron chi connectivity index (χ0n) is 11.8. The van der Waals surface area contributed by atoms with Crippen molar-refractivity contribution in [2.75, 3.05) is 18.6 Å². The number of hydrogen-bond acceptors (Lipinski definition) is 4. The number of aliphatic hydroxyl groups is 1. The van der Waals surface area contributed by atoms with Gasteiger partial charge in [-0.1, -0.05) is 17.7 Å². The van der Waals surface area contributed by atoms with Gasteiger partial charge in [-0.05, 0) is 50.0 Å². The Labute approximate surface area is 130 Å². The van der Waals surface area contributed by atoms with Crippen molar-refractivity contribution in [3.8, 4) is 0 Å². The van der Waals surface area contributed by atoms with E-state index in [-0.39, 0.29) is 11.4 Å². The molecular weight excluding hydrogens is 318 g/mol. The molecule has 0 fully saturated rings. The molecule has 114 valence electrons. The fourth-order valence-electron chi connectivity index (χ4n) is 1.62. The lowest BCUT2D eigenvalue weighted by Gasteiger charge is -2.23. The van der Waals surface area contributed by atoms with Crippen LogP contribution in [0.1, 0.15) is 18.9 Å². The zero-order valence-corrected chi connectivity index (χ0v) is 14.2. The number of sulfonamides is 1. The minimum Gasteiger partial charge on any atom is -0.389 e. The van der Waals surface area contributed by atoms with Gasteiger partial charge >= 0.3 is 0 Å². The van der Waals surface area contributed by atoms with Gasteiger partial charge in [0.05, 0.1) is 10.5 Å². The van der Waals surface area contributed by atoms with Crippen LogP contribution in [0.25, 0.3) is 0 Å². The van der Waals surface area contributed by atoms with Gasteiger partial charge in [-0.15, -0.1) is 0 Å². The van der Waals surface area contributed by atoms with Gasteiger partial charge in [0.25, 0.3) is 0 Å². The highest BCUT2D eigenvalue weighted by Crippen LogP contribution is 2.23. The molecule has 4 nitrogen and oxygen atoms in total. The van der Waals surface area contributed by atoms with Crippen LogP contribution in [-0.4, -0.2) is 37.7 Å². The standard InChI is InChI=1S/C13H20ClNO3S2/c1-10-11(14)5-4-6-12(10)20(17,18)15-9-13(2,16)7-8-19-3/h4-6,15-16H,7-9H2,1-3H3. The van der Waals surface area contributed by atoms with Crippen LogP contribution in [0, 0.1) is 6.92 Å². The van der Waals surface area contributed by atoms with Gasteiger partial charge < -0.3 is 5.11 Å². The molecule has 0 spiro atoms. The van der Waals surface area contributed by atoms with Crippen LogP contribution < -0.4 is 4.72 Å². The fraction of sp³-hybridized carbons (Fsp3) is 0.538. The highest BCUT2D eigenvalue weighted by atomic mass is 35.5. The van der Waals surface area contributed by atoms with Gasteiger partial charge in [-0.2, -0.15) is 11.8 Å². The first-order valence-electron chi connectivity index (χ1n) is 6.16. The molecule has 1 unspecified atom stereocenters. The highest BCUT2D eigenvalue weighted by molar-refractivity contribution is 7.98. The van der Waals surface area contributed by atoms with Gasteiger partial charge in [0.2, 0.25) is 10.0 Å². The molecule has 0 aromatic heterocycles. The summed E-state index contributed by atoms with van der Waals surface area (Å²) >= 11 is 7.54. The Morgan fingerprint density at radius 3 is 2.70 bits per heavy atom. The Kier molecular flexibility index (Phi) is 6.34. The summed E-state index contributed by atoms with van der Waals surface area (Å²) in [6, 6.07) is 4.74. The monoisotopic (exact) mass is 337 g/mol. The van der Waals surface area contributed by atoms with Crippen molar-refractivity contribution >= 4 is 33.4 Å². The summed E-state index contributed by atoms with van der Waals surface area (Å²) in [4.78, 5) is 0.144. The van der Waals surface area contributed by atoms with Crippen LogP contribution in [0.2, 0.25) is 5.02 Å². The van der Waals surface area contributed by atoms with E-state index in [1.807, 2.05) is 6.26 Å². The second-order valence-corrected chi connectivity index (χ2v) is 8.06. The van der Waals surface area contributed by atoms with Crippen LogP contribution in [0.5, 0.6) is 0 Å². The van der Waals surface area contributed by atoms with E-state index < -0.39 is 15.6 Å². The minimum absolute atomic E-state index is 0.0259. The van der Waals surface area contributed by atoms with Gasteiger partial charge in [0.15, 0.2) is 0 Å². The lowest BCUT2D eigenvalue weighted by atomic mass is 10.1. The average Bonchev–Trinajstić information content (AvgIpc) is 2.37. The zero-order chi connectivity index (χ0) is 15.4. The van der Waals surface area contributed by atoms with Gasteiger partial charge in [0.1, 0.15) is 0 Å². The molecule has 0 aliphatic heterocycles. The van der Waals surface area contributed by atoms with Gasteiger partial charge in [0, 0.05) is 11.6 Å². The summed E-state index contributed by atoms with van der Waals surface area (Å²) in [6.07, 6.45) is 2.46. The number of rotatable bonds is 7. The molecule has 2 N–H and O–H groups in total. The molecule has 1 aromatic rings. The lowest BCUT2D eigenvalue weighted by molar-refractivity contribution is 0.0626. The molecule has 1 atom stereocenters. The second-order valence-electron chi connectivity index (χ2n) is 4.93. The SMILES string of the molecule is CSCCC(C)(O)CNS(=O)(=O)c1cccc(Cl)c1C. The van der Waals surface area contributed by atoms with Crippen molar-refractivity contribution in [1.82, 2.24) is 4.72 Å². The van der Waals surface area contributed by atoms with Crippen LogP contribution in [0.3, 0.4) is 0 Å². The molecule has 0 saturated carbocycles. The summed E-state index contributed by atoms with van der Waals surface area (Å²) < 4.78 is 26.9. The topological polar surface area (TPSA) is 66.4 Å². The molecule has 0 radical (unpaired) electrons. The predicted molar refractivity (Wildman–Crippen MR) is 85.0 cm³/mol. The quantitative estimate of drug-likeness (QED) is 0.802. The number of nitrogens with one attached hydrogen (secondary N) is 1. The summed E-state index contributed by atoms with van der Waals surface area (Å²) in [5.41, 5.74) is -0.562. The van der Waals surface area contributed by atoms with E-state index in [1.54, 1.807) is 37.7 Å². The van der Waals surface area contributed by atoms with Crippen molar-refractivity contribution in [2.45, 2.75) is 30.8 Å². The van der Waals surface area contributed by atoms with Crippen LogP contribution in [0.15, 0.2) is 23.1 Å². The van der Waals surface area contributed by atoms with E-state index in [2.05, 4.69) is 4.72 Å². The van der Waals surface area contributed by atoms with E-state index in [9.17, 15) is 13.5 Å². The number of benzene rings is 1. The van der Waals surface area contributed by atoms with Gasteiger partial charge in [-0.3, -0.25) is 0 Å². The maximum absolute atomic E-state index is 12.2. The first-order valence-corrected chi connectivity index (χ1v) is 9.41. The maximum Gasteiger partial charge on any atom is 0.240 e. The Hall–Kier alpha value is -0.270. The highest BCUT2D eigenvalue weighted by Gasteiger charge is 2.25. The van der Waals surface area contributed by atoms with Crippen LogP contribution in [0.4, 0.5) is 0 Å². The predicted octanol–water partition coefficient (Wildman–Crippen LogP) is 2.43. The molecule has 0 amide bonds. The fourth-order valence-corrected chi connectivity index (χ4v) is 3.92. The molecule has 1 aromatic carbocycles. The molecular formula is C13H20ClNO3S2. The number of hydrogen-bond donors (Lipinski definition) is 2. The third kappa shape index (κ3) is 4.93. The first-order chi connectivity index (χ1) is 9.19. The van der Waals surface area contributed by atoms with Gasteiger partial charge in [-0.25, -0.2) is 13.1 Å². The third-order valence-electron chi connectivity index (χ3n) is 3.00. The molecule has 20 heavy (non-hydrogen) atoms. The van der Waals surface area contributed by atoms with E-state index >= 15 is 0 Å². The first kappa shape index (κ1) is 17.8. The van der Waals surface area contributed by atoms with E-state index in [4.69, 9.17) is 11.6 Å². The van der Waals surface area contributed by atoms with Crippen LogP contribution >= 0.6 is 23.4 Å². The largest absolute Gasteiger partial charge is 0.389 e. The van der Waals surface area contributed by atoms with Crippen molar-refractivity contribution in [2.24, 2.45) is 0 Å². The molecule has 0 heterocycles. The average molecular weight is 338 g/mol.